The molecule has 0 aliphatic heterocycles. The zero-order valence-corrected chi connectivity index (χ0v) is 30.3. The number of hydrogen-bond acceptors (Lipinski definition) is 0. The Labute approximate surface area is 303 Å². The molecule has 234 valence electrons. The van der Waals surface area contributed by atoms with Crippen molar-refractivity contribution in [3.05, 3.63) is 195 Å². The second kappa shape index (κ2) is 14.6. The van der Waals surface area contributed by atoms with Crippen LogP contribution in [0.25, 0.3) is 33.4 Å². The minimum Gasteiger partial charge on any atom is -1.00 e. The van der Waals surface area contributed by atoms with Gasteiger partial charge in [0.25, 0.3) is 0 Å². The Kier molecular flexibility index (Phi) is 10.3. The van der Waals surface area contributed by atoms with Crippen molar-refractivity contribution in [3.63, 3.8) is 0 Å². The second-order valence-electron chi connectivity index (χ2n) is 12.6. The Morgan fingerprint density at radius 2 is 1.10 bits per heavy atom. The van der Waals surface area contributed by atoms with Crippen LogP contribution in [0.4, 0.5) is 0 Å². The van der Waals surface area contributed by atoms with Crippen LogP contribution in [0.1, 0.15) is 39.8 Å². The van der Waals surface area contributed by atoms with Crippen LogP contribution in [0.3, 0.4) is 0 Å². The normalized spacial score (nSPS) is 12.1. The molecular formula is C45H36Cl2Ti. The van der Waals surface area contributed by atoms with Gasteiger partial charge < -0.3 is 24.8 Å². The molecule has 0 fully saturated rings. The summed E-state index contributed by atoms with van der Waals surface area (Å²) in [4.78, 5) is 0. The van der Waals surface area contributed by atoms with Gasteiger partial charge in [0, 0.05) is 0 Å². The predicted octanol–water partition coefficient (Wildman–Crippen LogP) is 4.57. The van der Waals surface area contributed by atoms with Gasteiger partial charge in [-0.15, -0.1) is 0 Å². The largest absolute Gasteiger partial charge is 1.00 e. The van der Waals surface area contributed by atoms with E-state index in [1.165, 1.54) is 66.8 Å². The molecule has 0 saturated carbocycles. The maximum atomic E-state index is 2.58. The summed E-state index contributed by atoms with van der Waals surface area (Å²) in [6, 6.07) is 52.6. The number of aryl methyl sites for hydroxylation is 2. The third-order valence-electron chi connectivity index (χ3n) is 9.52. The summed E-state index contributed by atoms with van der Waals surface area (Å²) >= 11 is -2.34. The fourth-order valence-electron chi connectivity index (χ4n) is 7.10. The monoisotopic (exact) mass is 694 g/mol. The molecule has 3 heteroatoms. The summed E-state index contributed by atoms with van der Waals surface area (Å²) < 4.78 is 4.74. The summed E-state index contributed by atoms with van der Waals surface area (Å²) in [6.07, 6.45) is 9.09. The molecule has 0 nitrogen and oxygen atoms in total. The molecule has 0 heterocycles. The smallest absolute Gasteiger partial charge is 1.00 e. The van der Waals surface area contributed by atoms with Crippen molar-refractivity contribution in [2.75, 3.05) is 0 Å². The van der Waals surface area contributed by atoms with E-state index in [1.54, 1.807) is 11.6 Å². The van der Waals surface area contributed by atoms with E-state index in [0.717, 1.165) is 12.8 Å². The molecule has 2 aliphatic rings. The SMILES string of the molecule is Cc1ccc([C](c2ccc(C)cc2)=[Ti+2]([C]2=CC=CC2)[c]2cc(-c3ccccc3)cc3c2Cc2ccc(-c4ccccc4)cc2-3)cc1.[Cl-].[Cl-]. The first-order valence-electron chi connectivity index (χ1n) is 16.3. The number of hydrogen-bond donors (Lipinski definition) is 0. The van der Waals surface area contributed by atoms with Crippen LogP contribution < -0.4 is 28.7 Å². The molecule has 2 aliphatic carbocycles. The van der Waals surface area contributed by atoms with Crippen LogP contribution in [0.2, 0.25) is 0 Å². The Morgan fingerprint density at radius 3 is 1.67 bits per heavy atom. The van der Waals surface area contributed by atoms with E-state index in [4.69, 9.17) is 0 Å². The minimum atomic E-state index is -2.34. The Bertz CT molecular complexity index is 2130. The molecule has 6 aromatic carbocycles. The molecule has 0 spiro atoms. The van der Waals surface area contributed by atoms with Crippen molar-refractivity contribution in [1.82, 2.24) is 0 Å². The van der Waals surface area contributed by atoms with Crippen LogP contribution >= 0.6 is 0 Å². The predicted molar refractivity (Wildman–Crippen MR) is 193 cm³/mol. The number of allylic oxidation sites excluding steroid dienone is 4. The van der Waals surface area contributed by atoms with Crippen LogP contribution in [0, 0.1) is 13.8 Å². The van der Waals surface area contributed by atoms with Crippen molar-refractivity contribution in [2.45, 2.75) is 26.7 Å². The Morgan fingerprint density at radius 1 is 0.542 bits per heavy atom. The molecule has 0 aromatic heterocycles. The first kappa shape index (κ1) is 33.8. The Hall–Kier alpha value is -4.04. The van der Waals surface area contributed by atoms with Gasteiger partial charge in [-0.1, -0.05) is 0 Å². The zero-order chi connectivity index (χ0) is 31.0. The molecule has 6 aromatic rings. The molecule has 0 N–H and O–H groups in total. The van der Waals surface area contributed by atoms with E-state index in [1.807, 2.05) is 0 Å². The average molecular weight is 696 g/mol. The van der Waals surface area contributed by atoms with Crippen LogP contribution in [0.15, 0.2) is 162 Å². The minimum absolute atomic E-state index is 0. The van der Waals surface area contributed by atoms with Crippen LogP contribution in [-0.4, -0.2) is 3.81 Å². The van der Waals surface area contributed by atoms with E-state index < -0.39 is 17.4 Å². The summed E-state index contributed by atoms with van der Waals surface area (Å²) in [5.74, 6) is 0. The summed E-state index contributed by atoms with van der Waals surface area (Å²) in [5, 5.41) is 0. The van der Waals surface area contributed by atoms with Crippen molar-refractivity contribution in [1.29, 1.82) is 0 Å². The van der Waals surface area contributed by atoms with Crippen LogP contribution in [0.5, 0.6) is 0 Å². The molecule has 48 heavy (non-hydrogen) atoms. The van der Waals surface area contributed by atoms with Gasteiger partial charge in [0.2, 0.25) is 0 Å². The molecule has 8 rings (SSSR count). The Balaban J connectivity index is 0.00000201. The van der Waals surface area contributed by atoms with E-state index in [9.17, 15) is 0 Å². The van der Waals surface area contributed by atoms with Gasteiger partial charge in [-0.2, -0.15) is 0 Å². The maximum absolute atomic E-state index is 2.58. The second-order valence-corrected chi connectivity index (χ2v) is 16.4. The molecule has 0 amide bonds. The maximum Gasteiger partial charge on any atom is -1.00 e. The topological polar surface area (TPSA) is 0 Å². The summed E-state index contributed by atoms with van der Waals surface area (Å²) in [7, 11) is 0. The molecule has 0 unspecified atom stereocenters. The van der Waals surface area contributed by atoms with Gasteiger partial charge in [0.1, 0.15) is 0 Å². The van der Waals surface area contributed by atoms with E-state index in [-0.39, 0.29) is 24.8 Å². The van der Waals surface area contributed by atoms with Gasteiger partial charge in [0.15, 0.2) is 0 Å². The average Bonchev–Trinajstić information content (AvgIpc) is 3.77. The zero-order valence-electron chi connectivity index (χ0n) is 27.2. The van der Waals surface area contributed by atoms with Gasteiger partial charge in [-0.05, 0) is 0 Å². The first-order valence-corrected chi connectivity index (χ1v) is 18.6. The third kappa shape index (κ3) is 6.52. The van der Waals surface area contributed by atoms with E-state index >= 15 is 0 Å². The molecule has 0 saturated heterocycles. The van der Waals surface area contributed by atoms with Crippen LogP contribution in [-0.2, 0) is 23.8 Å². The van der Waals surface area contributed by atoms with Crippen molar-refractivity contribution >= 4 is 7.68 Å². The number of rotatable bonds is 6. The summed E-state index contributed by atoms with van der Waals surface area (Å²) in [6.45, 7) is 4.38. The fraction of sp³-hybridized carbons (Fsp3) is 0.0889. The van der Waals surface area contributed by atoms with Gasteiger partial charge in [0.05, 0.1) is 0 Å². The van der Waals surface area contributed by atoms with Crippen molar-refractivity contribution < 1.29 is 42.2 Å². The van der Waals surface area contributed by atoms with Gasteiger partial charge >= 0.3 is 280 Å². The van der Waals surface area contributed by atoms with E-state index in [2.05, 4.69) is 172 Å². The molecule has 0 atom stereocenters. The fourth-order valence-corrected chi connectivity index (χ4v) is 12.2. The summed E-state index contributed by atoms with van der Waals surface area (Å²) in [5.41, 5.74) is 16.2. The van der Waals surface area contributed by atoms with Gasteiger partial charge in [-0.3, -0.25) is 0 Å². The standard InChI is InChI=1S/C25H17.C15H14.C5H5.2ClH.Ti/c1-3-7-18(8-4-1)20-11-13-22-15-23-14-12-21(17-25(23)24(22)16-20)19-9-5-2-6-10-19;1-12-3-7-14(8-4-12)11-15-9-5-13(2)6-10-15;1-2-4-5-3-1;;;/h1-13,16-17H,15H2;3-10H,1-2H3;1-3H,4H2;2*1H;/q;;;;;+2/p-2. The van der Waals surface area contributed by atoms with Crippen molar-refractivity contribution in [3.8, 4) is 33.4 Å². The number of benzene rings is 6. The van der Waals surface area contributed by atoms with Gasteiger partial charge in [-0.25, -0.2) is 0 Å². The number of halogens is 2. The quantitative estimate of drug-likeness (QED) is 0.224. The van der Waals surface area contributed by atoms with E-state index in [0.29, 0.717) is 0 Å². The number of fused-ring (bicyclic) bond motifs is 3. The van der Waals surface area contributed by atoms with Crippen molar-refractivity contribution in [2.24, 2.45) is 0 Å². The molecular weight excluding hydrogens is 659 g/mol. The molecule has 0 bridgehead atoms. The molecule has 0 radical (unpaired) electrons. The first-order chi connectivity index (χ1) is 22.6. The third-order valence-corrected chi connectivity index (χ3v) is 14.3.